The second-order valence-corrected chi connectivity index (χ2v) is 8.14. The van der Waals surface area contributed by atoms with Gasteiger partial charge in [-0.1, -0.05) is 6.07 Å². The van der Waals surface area contributed by atoms with Gasteiger partial charge in [0, 0.05) is 30.7 Å². The van der Waals surface area contributed by atoms with Crippen LogP contribution in [0.2, 0.25) is 0 Å². The number of likely N-dealkylation sites (tertiary alicyclic amines) is 1. The van der Waals surface area contributed by atoms with E-state index in [9.17, 15) is 4.79 Å². The van der Waals surface area contributed by atoms with Crippen molar-refractivity contribution in [2.45, 2.75) is 25.3 Å². The van der Waals surface area contributed by atoms with Gasteiger partial charge in [-0.2, -0.15) is 5.26 Å². The molecule has 3 N–H and O–H groups in total. The number of imidazole rings is 1. The maximum absolute atomic E-state index is 13.0. The van der Waals surface area contributed by atoms with E-state index in [1.807, 2.05) is 12.3 Å². The molecular weight excluding hydrogens is 404 g/mol. The highest BCUT2D eigenvalue weighted by Crippen LogP contribution is 2.32. The van der Waals surface area contributed by atoms with Gasteiger partial charge in [0.2, 0.25) is 0 Å². The molecule has 4 aromatic rings. The van der Waals surface area contributed by atoms with Gasteiger partial charge in [-0.25, -0.2) is 9.97 Å². The van der Waals surface area contributed by atoms with Gasteiger partial charge >= 0.3 is 0 Å². The summed E-state index contributed by atoms with van der Waals surface area (Å²) in [7, 11) is 0. The summed E-state index contributed by atoms with van der Waals surface area (Å²) < 4.78 is 0. The summed E-state index contributed by atoms with van der Waals surface area (Å²) in [6.07, 6.45) is 7.59. The van der Waals surface area contributed by atoms with Crippen LogP contribution in [-0.4, -0.2) is 55.4 Å². The smallest absolute Gasteiger partial charge is 0.270 e. The van der Waals surface area contributed by atoms with Crippen molar-refractivity contribution < 1.29 is 4.79 Å². The topological polar surface area (TPSA) is 126 Å². The average molecular weight is 429 g/mol. The van der Waals surface area contributed by atoms with Gasteiger partial charge in [-0.3, -0.25) is 9.78 Å². The molecule has 32 heavy (non-hydrogen) atoms. The minimum absolute atomic E-state index is 0.215. The fourth-order valence-electron chi connectivity index (χ4n) is 4.48. The van der Waals surface area contributed by atoms with Crippen molar-refractivity contribution >= 4 is 28.0 Å². The van der Waals surface area contributed by atoms with Crippen molar-refractivity contribution in [2.24, 2.45) is 5.92 Å². The monoisotopic (exact) mass is 428 g/mol. The Bertz CT molecular complexity index is 1260. The number of hydrogen-bond acceptors (Lipinski definition) is 6. The lowest BCUT2D eigenvalue weighted by molar-refractivity contribution is 0.0885. The van der Waals surface area contributed by atoms with Crippen molar-refractivity contribution in [3.05, 3.63) is 54.4 Å². The summed E-state index contributed by atoms with van der Waals surface area (Å²) in [5.41, 5.74) is 2.86. The molecule has 1 aliphatic rings. The molecule has 9 nitrogen and oxygen atoms in total. The number of nitriles is 1. The van der Waals surface area contributed by atoms with E-state index in [0.717, 1.165) is 60.4 Å². The molecule has 0 aromatic carbocycles. The quantitative estimate of drug-likeness (QED) is 0.433. The normalized spacial score (nSPS) is 16.2. The van der Waals surface area contributed by atoms with Gasteiger partial charge in [-0.15, -0.1) is 0 Å². The van der Waals surface area contributed by atoms with E-state index < -0.39 is 0 Å². The van der Waals surface area contributed by atoms with Crippen molar-refractivity contribution in [1.82, 2.24) is 35.1 Å². The van der Waals surface area contributed by atoms with Crippen LogP contribution in [0.5, 0.6) is 0 Å². The fraction of sp³-hybridized carbons (Fsp3) is 0.348. The zero-order valence-corrected chi connectivity index (χ0v) is 17.6. The Labute approximate surface area is 184 Å². The van der Waals surface area contributed by atoms with E-state index >= 15 is 0 Å². The van der Waals surface area contributed by atoms with Gasteiger partial charge in [0.25, 0.3) is 5.91 Å². The molecule has 0 spiro atoms. The number of hydrogen-bond donors (Lipinski definition) is 3. The molecule has 4 aromatic heterocycles. The Balaban J connectivity index is 1.45. The first kappa shape index (κ1) is 20.2. The highest BCUT2D eigenvalue weighted by Gasteiger charge is 2.31. The lowest BCUT2D eigenvalue weighted by atomic mass is 9.88. The van der Waals surface area contributed by atoms with Gasteiger partial charge in [-0.05, 0) is 50.0 Å². The molecule has 0 saturated carbocycles. The molecule has 162 valence electrons. The van der Waals surface area contributed by atoms with E-state index in [1.165, 1.54) is 0 Å². The molecule has 1 atom stereocenters. The summed E-state index contributed by atoms with van der Waals surface area (Å²) >= 11 is 0. The Morgan fingerprint density at radius 1 is 1.28 bits per heavy atom. The van der Waals surface area contributed by atoms with Crippen LogP contribution < -0.4 is 5.32 Å². The van der Waals surface area contributed by atoms with Crippen molar-refractivity contribution in [3.63, 3.8) is 0 Å². The molecule has 0 aliphatic carbocycles. The Morgan fingerprint density at radius 2 is 2.16 bits per heavy atom. The molecule has 1 unspecified atom stereocenters. The molecule has 5 heterocycles. The van der Waals surface area contributed by atoms with E-state index in [2.05, 4.69) is 36.2 Å². The number of H-pyrrole nitrogens is 2. The Morgan fingerprint density at radius 3 is 2.94 bits per heavy atom. The maximum Gasteiger partial charge on any atom is 0.270 e. The lowest BCUT2D eigenvalue weighted by Crippen LogP contribution is -2.41. The third kappa shape index (κ3) is 3.92. The first-order valence-corrected chi connectivity index (χ1v) is 10.9. The molecule has 0 bridgehead atoms. The summed E-state index contributed by atoms with van der Waals surface area (Å²) in [6.45, 7) is 2.58. The Kier molecular flexibility index (Phi) is 5.52. The van der Waals surface area contributed by atoms with Crippen LogP contribution in [0.3, 0.4) is 0 Å². The van der Waals surface area contributed by atoms with E-state index in [4.69, 9.17) is 10.2 Å². The number of nitrogens with zero attached hydrogens (tertiary/aromatic N) is 5. The average Bonchev–Trinajstić information content (AvgIpc) is 3.48. The maximum atomic E-state index is 13.0. The third-order valence-corrected chi connectivity index (χ3v) is 6.18. The first-order chi connectivity index (χ1) is 15.7. The van der Waals surface area contributed by atoms with E-state index in [0.29, 0.717) is 12.1 Å². The Hall–Kier alpha value is -3.77. The van der Waals surface area contributed by atoms with Gasteiger partial charge in [0.05, 0.1) is 23.8 Å². The summed E-state index contributed by atoms with van der Waals surface area (Å²) in [4.78, 5) is 35.3. The minimum Gasteiger partial charge on any atom is -0.346 e. The van der Waals surface area contributed by atoms with Crippen molar-refractivity contribution in [3.8, 4) is 6.07 Å². The highest BCUT2D eigenvalue weighted by atomic mass is 16.2. The summed E-state index contributed by atoms with van der Waals surface area (Å²) in [6, 6.07) is 9.21. The van der Waals surface area contributed by atoms with Crippen LogP contribution in [0.25, 0.3) is 22.1 Å². The van der Waals surface area contributed by atoms with Gasteiger partial charge in [0.15, 0.2) is 0 Å². The number of nitrogens with one attached hydrogen (secondary N) is 3. The molecule has 1 amide bonds. The highest BCUT2D eigenvalue weighted by molar-refractivity contribution is 6.00. The van der Waals surface area contributed by atoms with E-state index in [1.54, 1.807) is 30.6 Å². The number of carbonyl (C=O) groups is 1. The second kappa shape index (κ2) is 8.77. The van der Waals surface area contributed by atoms with Crippen LogP contribution in [0.1, 0.15) is 41.6 Å². The zero-order chi connectivity index (χ0) is 21.9. The molecule has 1 fully saturated rings. The largest absolute Gasteiger partial charge is 0.346 e. The number of amides is 1. The molecule has 0 radical (unpaired) electrons. The van der Waals surface area contributed by atoms with Gasteiger partial charge < -0.3 is 20.2 Å². The number of carbonyl (C=O) groups excluding carboxylic acids is 1. The van der Waals surface area contributed by atoms with Crippen LogP contribution in [0.15, 0.2) is 42.9 Å². The summed E-state index contributed by atoms with van der Waals surface area (Å²) in [5, 5.41) is 13.0. The van der Waals surface area contributed by atoms with Gasteiger partial charge in [0.1, 0.15) is 22.7 Å². The number of aromatic amines is 2. The molecular formula is C23H24N8O. The van der Waals surface area contributed by atoms with E-state index in [-0.39, 0.29) is 17.9 Å². The van der Waals surface area contributed by atoms with Crippen molar-refractivity contribution in [1.29, 1.82) is 5.26 Å². The standard InChI is InChI=1S/C23H24N8O/c24-8-3-11-31-12-6-15(7-13-31)19(30-23(32)17-4-1-2-9-25-17)22-28-18-14-27-21-16(5-10-26-21)20(18)29-22/h1-2,4-5,9-10,14-15,19H,3,6-7,11-13H2,(H,26,27)(H,28,29)(H,30,32). The molecule has 5 rings (SSSR count). The zero-order valence-electron chi connectivity index (χ0n) is 17.6. The SMILES string of the molecule is N#CCCN1CCC(C(NC(=O)c2ccccn2)c2nc3c(cnc4[nH]ccc43)[nH]2)CC1. The number of aromatic nitrogens is 5. The predicted octanol–water partition coefficient (Wildman–Crippen LogP) is 2.93. The third-order valence-electron chi connectivity index (χ3n) is 6.18. The van der Waals surface area contributed by atoms with Crippen molar-refractivity contribution in [2.75, 3.05) is 19.6 Å². The molecule has 1 aliphatic heterocycles. The number of fused-ring (bicyclic) bond motifs is 3. The summed E-state index contributed by atoms with van der Waals surface area (Å²) in [5.74, 6) is 0.736. The number of piperidine rings is 1. The lowest BCUT2D eigenvalue weighted by Gasteiger charge is -2.35. The minimum atomic E-state index is -0.274. The molecule has 9 heteroatoms. The van der Waals surface area contributed by atoms with Crippen LogP contribution in [-0.2, 0) is 0 Å². The number of rotatable bonds is 6. The predicted molar refractivity (Wildman–Crippen MR) is 120 cm³/mol. The number of pyridine rings is 2. The first-order valence-electron chi connectivity index (χ1n) is 10.9. The van der Waals surface area contributed by atoms with Crippen LogP contribution in [0, 0.1) is 17.2 Å². The molecule has 1 saturated heterocycles. The second-order valence-electron chi connectivity index (χ2n) is 8.14. The fourth-order valence-corrected chi connectivity index (χ4v) is 4.48. The van der Waals surface area contributed by atoms with Crippen LogP contribution >= 0.6 is 0 Å². The van der Waals surface area contributed by atoms with Crippen LogP contribution in [0.4, 0.5) is 0 Å².